The van der Waals surface area contributed by atoms with Crippen LogP contribution in [0.3, 0.4) is 0 Å². The molecular formula is C5H11N3O. The predicted molar refractivity (Wildman–Crippen MR) is 33.1 cm³/mol. The van der Waals surface area contributed by atoms with E-state index < -0.39 is 0 Å². The Morgan fingerprint density at radius 3 is 2.78 bits per heavy atom. The Balaban J connectivity index is 2.52. The highest BCUT2D eigenvalue weighted by Crippen LogP contribution is 2.04. The number of carbonyl (C=O) groups is 1. The average molecular weight is 129 g/mol. The number of carbonyl (C=O) groups excluding carboxylic acids is 1. The van der Waals surface area contributed by atoms with Gasteiger partial charge in [0.05, 0.1) is 6.04 Å². The molecule has 9 heavy (non-hydrogen) atoms. The van der Waals surface area contributed by atoms with E-state index in [0.29, 0.717) is 6.54 Å². The summed E-state index contributed by atoms with van der Waals surface area (Å²) in [6.45, 7) is 0.645. The lowest BCUT2D eigenvalue weighted by Crippen LogP contribution is -2.51. The Morgan fingerprint density at radius 1 is 1.67 bits per heavy atom. The third-order valence-electron chi connectivity index (χ3n) is 1.51. The quantitative estimate of drug-likeness (QED) is 0.319. The summed E-state index contributed by atoms with van der Waals surface area (Å²) in [6, 6.07) is -0.358. The van der Waals surface area contributed by atoms with Crippen molar-refractivity contribution in [1.29, 1.82) is 0 Å². The standard InChI is InChI=1S/C5H11N3O/c6-4-2-1-3-8(7)5(4)9/h4H,1-3,6-7H2. The molecule has 1 rings (SSSR count). The smallest absolute Gasteiger partial charge is 0.253 e. The van der Waals surface area contributed by atoms with Gasteiger partial charge in [-0.15, -0.1) is 0 Å². The second kappa shape index (κ2) is 2.33. The van der Waals surface area contributed by atoms with Crippen LogP contribution in [0, 0.1) is 0 Å². The number of hydrogen-bond donors (Lipinski definition) is 2. The van der Waals surface area contributed by atoms with E-state index >= 15 is 0 Å². The summed E-state index contributed by atoms with van der Waals surface area (Å²) in [7, 11) is 0. The summed E-state index contributed by atoms with van der Waals surface area (Å²) in [5.74, 6) is 5.13. The van der Waals surface area contributed by atoms with Crippen molar-refractivity contribution < 1.29 is 4.79 Å². The molecule has 0 aromatic heterocycles. The minimum absolute atomic E-state index is 0.138. The topological polar surface area (TPSA) is 72.3 Å². The first kappa shape index (κ1) is 6.51. The average Bonchev–Trinajstić information content (AvgIpc) is 1.83. The maximum atomic E-state index is 10.8. The molecule has 0 spiro atoms. The molecule has 1 aliphatic heterocycles. The molecule has 0 saturated carbocycles. The van der Waals surface area contributed by atoms with E-state index in [9.17, 15) is 4.79 Å². The van der Waals surface area contributed by atoms with Crippen LogP contribution in [0.25, 0.3) is 0 Å². The van der Waals surface area contributed by atoms with E-state index in [2.05, 4.69) is 0 Å². The number of piperidine rings is 1. The minimum atomic E-state index is -0.358. The number of hydrazine groups is 1. The van der Waals surface area contributed by atoms with Crippen LogP contribution < -0.4 is 11.6 Å². The molecular weight excluding hydrogens is 118 g/mol. The van der Waals surface area contributed by atoms with Crippen LogP contribution in [0.4, 0.5) is 0 Å². The van der Waals surface area contributed by atoms with E-state index in [-0.39, 0.29) is 11.9 Å². The van der Waals surface area contributed by atoms with Gasteiger partial charge >= 0.3 is 0 Å². The highest BCUT2D eigenvalue weighted by Gasteiger charge is 2.22. The van der Waals surface area contributed by atoms with Crippen LogP contribution in [0.1, 0.15) is 12.8 Å². The molecule has 1 amide bonds. The van der Waals surface area contributed by atoms with Gasteiger partial charge in [-0.3, -0.25) is 9.80 Å². The third kappa shape index (κ3) is 1.20. The van der Waals surface area contributed by atoms with Crippen LogP contribution in [0.2, 0.25) is 0 Å². The number of amides is 1. The van der Waals surface area contributed by atoms with E-state index in [1.807, 2.05) is 0 Å². The normalized spacial score (nSPS) is 28.9. The van der Waals surface area contributed by atoms with Gasteiger partial charge < -0.3 is 5.73 Å². The van der Waals surface area contributed by atoms with Gasteiger partial charge in [-0.1, -0.05) is 0 Å². The fourth-order valence-electron chi connectivity index (χ4n) is 0.928. The van der Waals surface area contributed by atoms with Crippen molar-refractivity contribution in [2.24, 2.45) is 11.6 Å². The van der Waals surface area contributed by atoms with Crippen molar-refractivity contribution >= 4 is 5.91 Å². The lowest BCUT2D eigenvalue weighted by Gasteiger charge is -2.25. The molecule has 1 atom stereocenters. The van der Waals surface area contributed by atoms with E-state index in [0.717, 1.165) is 12.8 Å². The first-order chi connectivity index (χ1) is 4.22. The van der Waals surface area contributed by atoms with Gasteiger partial charge in [0.2, 0.25) is 0 Å². The SMILES string of the molecule is NC1CCCN(N)C1=O. The molecule has 4 heteroatoms. The second-order valence-corrected chi connectivity index (χ2v) is 2.28. The summed E-state index contributed by atoms with van der Waals surface area (Å²) in [6.07, 6.45) is 1.69. The molecule has 1 fully saturated rings. The zero-order valence-electron chi connectivity index (χ0n) is 5.21. The Bertz CT molecular complexity index is 113. The molecule has 0 aromatic rings. The van der Waals surface area contributed by atoms with Gasteiger partial charge in [0.25, 0.3) is 5.91 Å². The molecule has 4 N–H and O–H groups in total. The highest BCUT2D eigenvalue weighted by atomic mass is 16.2. The van der Waals surface area contributed by atoms with Crippen molar-refractivity contribution in [3.8, 4) is 0 Å². The van der Waals surface area contributed by atoms with Gasteiger partial charge in [-0.05, 0) is 12.8 Å². The van der Waals surface area contributed by atoms with E-state index in [1.54, 1.807) is 0 Å². The molecule has 0 aromatic carbocycles. The number of rotatable bonds is 0. The Kier molecular flexibility index (Phi) is 1.68. The Morgan fingerprint density at radius 2 is 2.33 bits per heavy atom. The minimum Gasteiger partial charge on any atom is -0.320 e. The maximum Gasteiger partial charge on any atom is 0.253 e. The molecule has 0 aliphatic carbocycles. The van der Waals surface area contributed by atoms with Crippen LogP contribution in [-0.4, -0.2) is 23.5 Å². The van der Waals surface area contributed by atoms with Crippen molar-refractivity contribution in [3.63, 3.8) is 0 Å². The number of hydrogen-bond acceptors (Lipinski definition) is 3. The summed E-state index contributed by atoms with van der Waals surface area (Å²) >= 11 is 0. The van der Waals surface area contributed by atoms with E-state index in [4.69, 9.17) is 11.6 Å². The number of nitrogens with two attached hydrogens (primary N) is 2. The third-order valence-corrected chi connectivity index (χ3v) is 1.51. The van der Waals surface area contributed by atoms with Gasteiger partial charge in [0.15, 0.2) is 0 Å². The first-order valence-electron chi connectivity index (χ1n) is 3.03. The lowest BCUT2D eigenvalue weighted by atomic mass is 10.1. The summed E-state index contributed by atoms with van der Waals surface area (Å²) in [5, 5.41) is 1.19. The lowest BCUT2D eigenvalue weighted by molar-refractivity contribution is -0.135. The molecule has 1 unspecified atom stereocenters. The van der Waals surface area contributed by atoms with Crippen molar-refractivity contribution in [3.05, 3.63) is 0 Å². The summed E-state index contributed by atoms with van der Waals surface area (Å²) in [5.41, 5.74) is 5.40. The van der Waals surface area contributed by atoms with Crippen molar-refractivity contribution in [2.75, 3.05) is 6.54 Å². The fraction of sp³-hybridized carbons (Fsp3) is 0.800. The van der Waals surface area contributed by atoms with Gasteiger partial charge in [0, 0.05) is 6.54 Å². The zero-order valence-corrected chi connectivity index (χ0v) is 5.21. The summed E-state index contributed by atoms with van der Waals surface area (Å²) < 4.78 is 0. The molecule has 4 nitrogen and oxygen atoms in total. The summed E-state index contributed by atoms with van der Waals surface area (Å²) in [4.78, 5) is 10.8. The highest BCUT2D eigenvalue weighted by molar-refractivity contribution is 5.81. The second-order valence-electron chi connectivity index (χ2n) is 2.28. The largest absolute Gasteiger partial charge is 0.320 e. The first-order valence-corrected chi connectivity index (χ1v) is 3.03. The van der Waals surface area contributed by atoms with Gasteiger partial charge in [-0.2, -0.15) is 0 Å². The van der Waals surface area contributed by atoms with Gasteiger partial charge in [0.1, 0.15) is 0 Å². The molecule has 1 saturated heterocycles. The van der Waals surface area contributed by atoms with Gasteiger partial charge in [-0.25, -0.2) is 5.84 Å². The molecule has 0 bridgehead atoms. The van der Waals surface area contributed by atoms with Crippen molar-refractivity contribution in [1.82, 2.24) is 5.01 Å². The monoisotopic (exact) mass is 129 g/mol. The Labute approximate surface area is 53.8 Å². The predicted octanol–water partition coefficient (Wildman–Crippen LogP) is -1.19. The van der Waals surface area contributed by atoms with Crippen molar-refractivity contribution in [2.45, 2.75) is 18.9 Å². The van der Waals surface area contributed by atoms with Crippen LogP contribution in [0.15, 0.2) is 0 Å². The molecule has 0 radical (unpaired) electrons. The fourth-order valence-corrected chi connectivity index (χ4v) is 0.928. The molecule has 52 valence electrons. The maximum absolute atomic E-state index is 10.8. The Hall–Kier alpha value is -0.610. The number of nitrogens with zero attached hydrogens (tertiary/aromatic N) is 1. The van der Waals surface area contributed by atoms with E-state index in [1.165, 1.54) is 5.01 Å². The van der Waals surface area contributed by atoms with Crippen LogP contribution in [0.5, 0.6) is 0 Å². The zero-order chi connectivity index (χ0) is 6.85. The van der Waals surface area contributed by atoms with Crippen LogP contribution >= 0.6 is 0 Å². The molecule has 1 heterocycles. The van der Waals surface area contributed by atoms with Crippen LogP contribution in [-0.2, 0) is 4.79 Å². The molecule has 1 aliphatic rings.